The molecule has 1 aliphatic heterocycles. The first-order chi connectivity index (χ1) is 4.34. The Morgan fingerprint density at radius 2 is 2.56 bits per heavy atom. The van der Waals surface area contributed by atoms with Crippen molar-refractivity contribution in [3.05, 3.63) is 0 Å². The molecule has 9 heavy (non-hydrogen) atoms. The quantitative estimate of drug-likeness (QED) is 0.582. The molecule has 2 nitrogen and oxygen atoms in total. The van der Waals surface area contributed by atoms with Crippen LogP contribution in [0.2, 0.25) is 0 Å². The zero-order chi connectivity index (χ0) is 6.69. The molecule has 1 heterocycles. The molecule has 0 saturated carbocycles. The second kappa shape index (κ2) is 3.18. The topological polar surface area (TPSA) is 31.9 Å². The molecule has 2 heteroatoms. The Kier molecular flexibility index (Phi) is 2.49. The van der Waals surface area contributed by atoms with E-state index in [4.69, 9.17) is 0 Å². The van der Waals surface area contributed by atoms with Crippen molar-refractivity contribution < 1.29 is 5.11 Å². The average Bonchev–Trinajstić information content (AvgIpc) is 2.37. The number of nitrogens with one attached hydrogen (secondary N) is 1. The molecule has 0 bridgehead atoms. The van der Waals surface area contributed by atoms with Crippen LogP contribution in [0.3, 0.4) is 0 Å². The molecular formula is C7H14NO. The van der Waals surface area contributed by atoms with Gasteiger partial charge in [-0.15, -0.1) is 0 Å². The molecule has 0 aromatic carbocycles. The molecule has 0 aliphatic carbocycles. The second-order valence-corrected chi connectivity index (χ2v) is 2.90. The lowest BCUT2D eigenvalue weighted by Gasteiger charge is -2.12. The van der Waals surface area contributed by atoms with E-state index in [1.165, 1.54) is 6.42 Å². The van der Waals surface area contributed by atoms with Crippen LogP contribution in [0.5, 0.6) is 0 Å². The van der Waals surface area contributed by atoms with Gasteiger partial charge in [-0.05, 0) is 31.3 Å². The lowest BCUT2D eigenvalue weighted by Crippen LogP contribution is -2.17. The van der Waals surface area contributed by atoms with Gasteiger partial charge >= 0.3 is 0 Å². The summed E-state index contributed by atoms with van der Waals surface area (Å²) < 4.78 is 0. The van der Waals surface area contributed by atoms with Crippen LogP contribution in [0, 0.1) is 11.8 Å². The fraction of sp³-hybridized carbons (Fsp3) is 1.00. The van der Waals surface area contributed by atoms with Crippen LogP contribution in [0.4, 0.5) is 0 Å². The average molecular weight is 128 g/mol. The van der Waals surface area contributed by atoms with Gasteiger partial charge in [-0.25, -0.2) is 5.11 Å². The summed E-state index contributed by atoms with van der Waals surface area (Å²) in [5.41, 5.74) is 0. The predicted octanol–water partition coefficient (Wildman–Crippen LogP) is 0.663. The zero-order valence-corrected chi connectivity index (χ0v) is 5.89. The third-order valence-electron chi connectivity index (χ3n) is 2.17. The molecule has 1 aliphatic rings. The number of rotatable bonds is 2. The Bertz CT molecular complexity index is 79.0. The van der Waals surface area contributed by atoms with Crippen LogP contribution < -0.4 is 5.32 Å². The summed E-state index contributed by atoms with van der Waals surface area (Å²) in [6, 6.07) is 0. The van der Waals surface area contributed by atoms with E-state index in [1.807, 2.05) is 6.92 Å². The molecule has 0 aromatic rings. The lowest BCUT2D eigenvalue weighted by atomic mass is 9.94. The van der Waals surface area contributed by atoms with Gasteiger partial charge in [0.05, 0.1) is 6.61 Å². The zero-order valence-electron chi connectivity index (χ0n) is 5.89. The minimum absolute atomic E-state index is 0.0896. The summed E-state index contributed by atoms with van der Waals surface area (Å²) in [5, 5.41) is 13.6. The van der Waals surface area contributed by atoms with Gasteiger partial charge in [0.25, 0.3) is 0 Å². The molecule has 1 saturated heterocycles. The van der Waals surface area contributed by atoms with E-state index in [0.717, 1.165) is 13.1 Å². The van der Waals surface area contributed by atoms with Crippen molar-refractivity contribution in [2.75, 3.05) is 19.7 Å². The maximum absolute atomic E-state index is 10.4. The SMILES string of the molecule is CC(C[O])C1CCNC1. The van der Waals surface area contributed by atoms with Crippen LogP contribution >= 0.6 is 0 Å². The van der Waals surface area contributed by atoms with Crippen molar-refractivity contribution in [1.82, 2.24) is 5.32 Å². The Labute approximate surface area is 56.3 Å². The van der Waals surface area contributed by atoms with Crippen LogP contribution in [0.1, 0.15) is 13.3 Å². The van der Waals surface area contributed by atoms with Gasteiger partial charge in [-0.2, -0.15) is 0 Å². The van der Waals surface area contributed by atoms with Gasteiger partial charge in [0.1, 0.15) is 0 Å². The van der Waals surface area contributed by atoms with E-state index < -0.39 is 0 Å². The molecule has 2 atom stereocenters. The molecule has 0 aromatic heterocycles. The molecule has 0 amide bonds. The molecular weight excluding hydrogens is 114 g/mol. The normalized spacial score (nSPS) is 30.7. The standard InChI is InChI=1S/C7H14NO/c1-6(5-9)7-2-3-8-4-7/h6-8H,2-5H2,1H3. The van der Waals surface area contributed by atoms with E-state index in [9.17, 15) is 5.11 Å². The highest BCUT2D eigenvalue weighted by atomic mass is 16.3. The van der Waals surface area contributed by atoms with Crippen LogP contribution in [0.15, 0.2) is 0 Å². The fourth-order valence-electron chi connectivity index (χ4n) is 1.30. The lowest BCUT2D eigenvalue weighted by molar-refractivity contribution is 0.124. The molecule has 1 fully saturated rings. The van der Waals surface area contributed by atoms with Crippen molar-refractivity contribution in [1.29, 1.82) is 0 Å². The number of hydrogen-bond acceptors (Lipinski definition) is 1. The maximum Gasteiger partial charge on any atom is 0.0851 e. The van der Waals surface area contributed by atoms with Gasteiger partial charge < -0.3 is 5.32 Å². The van der Waals surface area contributed by atoms with Gasteiger partial charge in [-0.1, -0.05) is 6.92 Å². The Hall–Kier alpha value is -0.0800. The molecule has 53 valence electrons. The Morgan fingerprint density at radius 3 is 3.00 bits per heavy atom. The summed E-state index contributed by atoms with van der Waals surface area (Å²) in [6.07, 6.45) is 1.20. The summed E-state index contributed by atoms with van der Waals surface area (Å²) >= 11 is 0. The third kappa shape index (κ3) is 1.66. The first-order valence-electron chi connectivity index (χ1n) is 3.63. The van der Waals surface area contributed by atoms with E-state index >= 15 is 0 Å². The van der Waals surface area contributed by atoms with Gasteiger partial charge in [0.15, 0.2) is 0 Å². The maximum atomic E-state index is 10.4. The molecule has 0 spiro atoms. The monoisotopic (exact) mass is 128 g/mol. The fourth-order valence-corrected chi connectivity index (χ4v) is 1.30. The first kappa shape index (κ1) is 7.03. The highest BCUT2D eigenvalue weighted by molar-refractivity contribution is 4.74. The van der Waals surface area contributed by atoms with Crippen molar-refractivity contribution in [3.63, 3.8) is 0 Å². The summed E-state index contributed by atoms with van der Waals surface area (Å²) in [5.74, 6) is 1.03. The van der Waals surface area contributed by atoms with Crippen molar-refractivity contribution in [2.24, 2.45) is 11.8 Å². The minimum atomic E-state index is 0.0896. The third-order valence-corrected chi connectivity index (χ3v) is 2.17. The summed E-state index contributed by atoms with van der Waals surface area (Å²) in [7, 11) is 0. The first-order valence-corrected chi connectivity index (χ1v) is 3.63. The number of hydrogen-bond donors (Lipinski definition) is 1. The predicted molar refractivity (Wildman–Crippen MR) is 35.7 cm³/mol. The van der Waals surface area contributed by atoms with Gasteiger partial charge in [0, 0.05) is 0 Å². The molecule has 1 N–H and O–H groups in total. The molecule has 1 rings (SSSR count). The van der Waals surface area contributed by atoms with Crippen molar-refractivity contribution in [2.45, 2.75) is 13.3 Å². The van der Waals surface area contributed by atoms with Crippen LogP contribution in [-0.2, 0) is 5.11 Å². The van der Waals surface area contributed by atoms with E-state index in [1.54, 1.807) is 0 Å². The van der Waals surface area contributed by atoms with E-state index in [0.29, 0.717) is 11.8 Å². The smallest absolute Gasteiger partial charge is 0.0851 e. The van der Waals surface area contributed by atoms with E-state index in [-0.39, 0.29) is 6.61 Å². The Balaban J connectivity index is 2.24. The molecule has 1 radical (unpaired) electrons. The van der Waals surface area contributed by atoms with Crippen molar-refractivity contribution >= 4 is 0 Å². The highest BCUT2D eigenvalue weighted by Crippen LogP contribution is 2.17. The Morgan fingerprint density at radius 1 is 1.78 bits per heavy atom. The van der Waals surface area contributed by atoms with E-state index in [2.05, 4.69) is 5.32 Å². The summed E-state index contributed by atoms with van der Waals surface area (Å²) in [6.45, 7) is 4.30. The second-order valence-electron chi connectivity index (χ2n) is 2.90. The van der Waals surface area contributed by atoms with Crippen LogP contribution in [-0.4, -0.2) is 19.7 Å². The van der Waals surface area contributed by atoms with Crippen LogP contribution in [0.25, 0.3) is 0 Å². The molecule has 2 unspecified atom stereocenters. The summed E-state index contributed by atoms with van der Waals surface area (Å²) in [4.78, 5) is 0. The van der Waals surface area contributed by atoms with Gasteiger partial charge in [0.2, 0.25) is 0 Å². The highest BCUT2D eigenvalue weighted by Gasteiger charge is 2.20. The van der Waals surface area contributed by atoms with Gasteiger partial charge in [-0.3, -0.25) is 0 Å². The van der Waals surface area contributed by atoms with Crippen molar-refractivity contribution in [3.8, 4) is 0 Å². The minimum Gasteiger partial charge on any atom is -0.316 e. The largest absolute Gasteiger partial charge is 0.316 e.